The van der Waals surface area contributed by atoms with Crippen LogP contribution in [0, 0.1) is 0 Å². The first-order valence-electron chi connectivity index (χ1n) is 4.83. The van der Waals surface area contributed by atoms with Crippen molar-refractivity contribution in [3.05, 3.63) is 34.9 Å². The van der Waals surface area contributed by atoms with Crippen LogP contribution >= 0.6 is 24.2 Å². The molecule has 2 nitrogen and oxygen atoms in total. The second-order valence-corrected chi connectivity index (χ2v) is 4.49. The highest BCUT2D eigenvalue weighted by atomic mass is 35.5. The Kier molecular flexibility index (Phi) is 3.26. The standard InChI is InChI=1S/C11H13ClO2S/c1-11(13-6-10(7-15)14-11)8-2-4-9(12)5-3-8/h2-5,10,15H,6-7H2,1H3/t10-,11+/m1/s1. The van der Waals surface area contributed by atoms with E-state index in [1.54, 1.807) is 0 Å². The molecule has 15 heavy (non-hydrogen) atoms. The van der Waals surface area contributed by atoms with Crippen LogP contribution in [0.5, 0.6) is 0 Å². The minimum atomic E-state index is -0.655. The van der Waals surface area contributed by atoms with Crippen LogP contribution in [-0.2, 0) is 15.3 Å². The van der Waals surface area contributed by atoms with Crippen molar-refractivity contribution in [3.8, 4) is 0 Å². The van der Waals surface area contributed by atoms with E-state index < -0.39 is 5.79 Å². The molecule has 1 aliphatic rings. The lowest BCUT2D eigenvalue weighted by atomic mass is 10.1. The predicted octanol–water partition coefficient (Wildman–Crippen LogP) is 2.86. The van der Waals surface area contributed by atoms with Crippen molar-refractivity contribution >= 4 is 24.2 Å². The third kappa shape index (κ3) is 2.31. The molecule has 0 unspecified atom stereocenters. The SMILES string of the molecule is C[C@]1(c2ccc(Cl)cc2)OC[C@H](CS)O1. The molecule has 0 aliphatic carbocycles. The average molecular weight is 245 g/mol. The maximum atomic E-state index is 5.83. The fourth-order valence-electron chi connectivity index (χ4n) is 1.63. The minimum Gasteiger partial charge on any atom is -0.343 e. The van der Waals surface area contributed by atoms with Gasteiger partial charge in [0.15, 0.2) is 5.79 Å². The van der Waals surface area contributed by atoms with Crippen LogP contribution in [0.4, 0.5) is 0 Å². The molecule has 1 fully saturated rings. The molecule has 1 heterocycles. The quantitative estimate of drug-likeness (QED) is 0.807. The lowest BCUT2D eigenvalue weighted by Gasteiger charge is -2.23. The highest BCUT2D eigenvalue weighted by Crippen LogP contribution is 2.34. The molecular formula is C11H13ClO2S. The first-order chi connectivity index (χ1) is 7.14. The van der Waals surface area contributed by atoms with Gasteiger partial charge in [0.1, 0.15) is 0 Å². The molecule has 1 aromatic carbocycles. The van der Waals surface area contributed by atoms with Crippen molar-refractivity contribution in [1.29, 1.82) is 0 Å². The number of benzene rings is 1. The van der Waals surface area contributed by atoms with Gasteiger partial charge in [-0.05, 0) is 19.1 Å². The number of hydrogen-bond acceptors (Lipinski definition) is 3. The zero-order chi connectivity index (χ0) is 10.9. The van der Waals surface area contributed by atoms with Crippen molar-refractivity contribution in [1.82, 2.24) is 0 Å². The maximum Gasteiger partial charge on any atom is 0.192 e. The van der Waals surface area contributed by atoms with Gasteiger partial charge in [0.2, 0.25) is 0 Å². The summed E-state index contributed by atoms with van der Waals surface area (Å²) >= 11 is 10.0. The number of ether oxygens (including phenoxy) is 2. The van der Waals surface area contributed by atoms with Gasteiger partial charge in [-0.15, -0.1) is 0 Å². The summed E-state index contributed by atoms with van der Waals surface area (Å²) in [6.45, 7) is 2.50. The van der Waals surface area contributed by atoms with E-state index in [0.29, 0.717) is 17.4 Å². The van der Waals surface area contributed by atoms with Gasteiger partial charge < -0.3 is 9.47 Å². The second-order valence-electron chi connectivity index (χ2n) is 3.69. The molecule has 0 amide bonds. The van der Waals surface area contributed by atoms with Gasteiger partial charge in [0.25, 0.3) is 0 Å². The largest absolute Gasteiger partial charge is 0.343 e. The molecule has 4 heteroatoms. The van der Waals surface area contributed by atoms with Gasteiger partial charge in [-0.1, -0.05) is 23.7 Å². The summed E-state index contributed by atoms with van der Waals surface area (Å²) in [5.74, 6) is 0.0150. The van der Waals surface area contributed by atoms with Crippen molar-refractivity contribution in [2.45, 2.75) is 18.8 Å². The molecular weight excluding hydrogens is 232 g/mol. The summed E-state index contributed by atoms with van der Waals surface area (Å²) in [5.41, 5.74) is 0.983. The molecule has 1 saturated heterocycles. The molecule has 0 bridgehead atoms. The molecule has 0 spiro atoms. The van der Waals surface area contributed by atoms with Crippen molar-refractivity contribution in [3.63, 3.8) is 0 Å². The van der Waals surface area contributed by atoms with E-state index in [9.17, 15) is 0 Å². The van der Waals surface area contributed by atoms with Crippen molar-refractivity contribution < 1.29 is 9.47 Å². The Hall–Kier alpha value is -0.220. The number of rotatable bonds is 2. The molecule has 0 saturated carbocycles. The zero-order valence-electron chi connectivity index (χ0n) is 8.44. The van der Waals surface area contributed by atoms with Crippen LogP contribution in [0.1, 0.15) is 12.5 Å². The molecule has 2 rings (SSSR count). The normalized spacial score (nSPS) is 30.7. The summed E-state index contributed by atoms with van der Waals surface area (Å²) in [5, 5.41) is 0.714. The lowest BCUT2D eigenvalue weighted by molar-refractivity contribution is -0.159. The minimum absolute atomic E-state index is 0.0639. The van der Waals surface area contributed by atoms with Gasteiger partial charge in [0, 0.05) is 16.3 Å². The lowest BCUT2D eigenvalue weighted by Crippen LogP contribution is -2.24. The van der Waals surface area contributed by atoms with Crippen molar-refractivity contribution in [2.24, 2.45) is 0 Å². The third-order valence-corrected chi connectivity index (χ3v) is 3.17. The summed E-state index contributed by atoms with van der Waals surface area (Å²) in [7, 11) is 0. The van der Waals surface area contributed by atoms with Crippen LogP contribution in [0.2, 0.25) is 5.02 Å². The van der Waals surface area contributed by atoms with Crippen LogP contribution in [0.3, 0.4) is 0 Å². The summed E-state index contributed by atoms with van der Waals surface area (Å²) in [4.78, 5) is 0. The average Bonchev–Trinajstić information content (AvgIpc) is 2.62. The monoisotopic (exact) mass is 244 g/mol. The Morgan fingerprint density at radius 3 is 2.67 bits per heavy atom. The highest BCUT2D eigenvalue weighted by molar-refractivity contribution is 7.80. The molecule has 1 aliphatic heterocycles. The molecule has 2 atom stereocenters. The van der Waals surface area contributed by atoms with E-state index in [0.717, 1.165) is 5.56 Å². The first kappa shape index (κ1) is 11.3. The van der Waals surface area contributed by atoms with Crippen LogP contribution in [0.15, 0.2) is 24.3 Å². The van der Waals surface area contributed by atoms with Crippen LogP contribution in [0.25, 0.3) is 0 Å². The number of thiol groups is 1. The van der Waals surface area contributed by atoms with Gasteiger partial charge in [-0.2, -0.15) is 12.6 Å². The van der Waals surface area contributed by atoms with Gasteiger partial charge >= 0.3 is 0 Å². The zero-order valence-corrected chi connectivity index (χ0v) is 10.1. The van der Waals surface area contributed by atoms with Gasteiger partial charge in [-0.25, -0.2) is 0 Å². The van der Waals surface area contributed by atoms with E-state index in [1.165, 1.54) is 0 Å². The number of hydrogen-bond donors (Lipinski definition) is 1. The van der Waals surface area contributed by atoms with Gasteiger partial charge in [-0.3, -0.25) is 0 Å². The fraction of sp³-hybridized carbons (Fsp3) is 0.455. The van der Waals surface area contributed by atoms with E-state index >= 15 is 0 Å². The van der Waals surface area contributed by atoms with Crippen LogP contribution < -0.4 is 0 Å². The Balaban J connectivity index is 2.20. The molecule has 1 aromatic rings. The van der Waals surface area contributed by atoms with Crippen LogP contribution in [-0.4, -0.2) is 18.5 Å². The van der Waals surface area contributed by atoms with E-state index in [4.69, 9.17) is 21.1 Å². The Morgan fingerprint density at radius 2 is 2.13 bits per heavy atom. The molecule has 0 aromatic heterocycles. The highest BCUT2D eigenvalue weighted by Gasteiger charge is 2.38. The predicted molar refractivity (Wildman–Crippen MR) is 63.5 cm³/mol. The summed E-state index contributed by atoms with van der Waals surface area (Å²) < 4.78 is 11.4. The number of halogens is 1. The Bertz CT molecular complexity index is 341. The third-order valence-electron chi connectivity index (χ3n) is 2.51. The van der Waals surface area contributed by atoms with E-state index in [-0.39, 0.29) is 6.10 Å². The van der Waals surface area contributed by atoms with Crippen molar-refractivity contribution in [2.75, 3.05) is 12.4 Å². The Morgan fingerprint density at radius 1 is 1.47 bits per heavy atom. The summed E-state index contributed by atoms with van der Waals surface area (Å²) in [6.07, 6.45) is 0.0639. The Labute approximate surface area is 99.9 Å². The maximum absolute atomic E-state index is 5.83. The first-order valence-corrected chi connectivity index (χ1v) is 5.84. The summed E-state index contributed by atoms with van der Waals surface area (Å²) in [6, 6.07) is 7.51. The van der Waals surface area contributed by atoms with E-state index in [1.807, 2.05) is 31.2 Å². The fourth-order valence-corrected chi connectivity index (χ4v) is 1.94. The molecule has 82 valence electrons. The van der Waals surface area contributed by atoms with E-state index in [2.05, 4.69) is 12.6 Å². The smallest absolute Gasteiger partial charge is 0.192 e. The van der Waals surface area contributed by atoms with Gasteiger partial charge in [0.05, 0.1) is 12.7 Å². The second kappa shape index (κ2) is 4.34. The molecule has 0 N–H and O–H groups in total. The topological polar surface area (TPSA) is 18.5 Å². The molecule has 0 radical (unpaired) electrons.